The van der Waals surface area contributed by atoms with Gasteiger partial charge in [-0.25, -0.2) is 0 Å². The van der Waals surface area contributed by atoms with Crippen molar-refractivity contribution in [3.05, 3.63) is 113 Å². The van der Waals surface area contributed by atoms with E-state index in [2.05, 4.69) is 16.8 Å². The summed E-state index contributed by atoms with van der Waals surface area (Å²) >= 11 is 1.01. The van der Waals surface area contributed by atoms with E-state index in [-0.39, 0.29) is 11.8 Å². The molecule has 0 aliphatic heterocycles. The Hall–Kier alpha value is -3.55. The van der Waals surface area contributed by atoms with Crippen LogP contribution < -0.4 is 5.32 Å². The minimum atomic E-state index is -0.617. The summed E-state index contributed by atoms with van der Waals surface area (Å²) in [4.78, 5) is 13.9. The van der Waals surface area contributed by atoms with Crippen molar-refractivity contribution in [3.63, 3.8) is 0 Å². The molecule has 0 aromatic heterocycles. The van der Waals surface area contributed by atoms with E-state index in [9.17, 15) is 10.1 Å². The number of Topliss-reactive ketones (excluding diaryl/α,β-unsaturated/α-hetero) is 1. The molecular formula is C28H24N2OS. The summed E-state index contributed by atoms with van der Waals surface area (Å²) in [5, 5.41) is 16.7. The van der Waals surface area contributed by atoms with Gasteiger partial charge in [-0.2, -0.15) is 5.26 Å². The first-order valence-electron chi connectivity index (χ1n) is 10.5. The van der Waals surface area contributed by atoms with Gasteiger partial charge in [0.25, 0.3) is 0 Å². The highest BCUT2D eigenvalue weighted by molar-refractivity contribution is 8.05. The van der Waals surface area contributed by atoms with Gasteiger partial charge in [-0.3, -0.25) is 4.79 Å². The Labute approximate surface area is 193 Å². The smallest absolute Gasteiger partial charge is 0.179 e. The second-order valence-electron chi connectivity index (χ2n) is 7.92. The Morgan fingerprint density at radius 3 is 2.34 bits per heavy atom. The number of thiocyanates is 1. The molecule has 4 heteroatoms. The Kier molecular flexibility index (Phi) is 6.58. The predicted molar refractivity (Wildman–Crippen MR) is 134 cm³/mol. The standard InChI is InChI=1S/C28H24N2OS/c1-19-13-15-22(16-14-19)26(30-23-10-5-7-20(2)17-23)28(32-18-29)27(31)25-12-6-9-21-8-3-4-11-24(21)25/h3-17,26,28,30H,1-2H3/t26-,28+/m1/s1. The highest BCUT2D eigenvalue weighted by Crippen LogP contribution is 2.34. The zero-order valence-corrected chi connectivity index (χ0v) is 18.9. The number of fused-ring (bicyclic) bond motifs is 1. The molecule has 0 saturated carbocycles. The molecule has 0 radical (unpaired) electrons. The van der Waals surface area contributed by atoms with Crippen LogP contribution in [0.2, 0.25) is 0 Å². The van der Waals surface area contributed by atoms with Crippen LogP contribution in [-0.2, 0) is 0 Å². The Morgan fingerprint density at radius 1 is 0.875 bits per heavy atom. The van der Waals surface area contributed by atoms with Crippen molar-refractivity contribution in [2.45, 2.75) is 25.1 Å². The summed E-state index contributed by atoms with van der Waals surface area (Å²) in [6.07, 6.45) is 0. The quantitative estimate of drug-likeness (QED) is 0.248. The molecule has 0 spiro atoms. The SMILES string of the molecule is Cc1ccc([C@@H](Nc2cccc(C)c2)[C@H](SC#N)C(=O)c2cccc3ccccc23)cc1. The number of hydrogen-bond donors (Lipinski definition) is 1. The molecule has 0 amide bonds. The number of aryl methyl sites for hydroxylation is 2. The molecule has 0 heterocycles. The maximum Gasteiger partial charge on any atom is 0.179 e. The topological polar surface area (TPSA) is 52.9 Å². The molecule has 4 rings (SSSR count). The van der Waals surface area contributed by atoms with E-state index in [0.29, 0.717) is 5.56 Å². The average Bonchev–Trinajstić information content (AvgIpc) is 2.81. The summed E-state index contributed by atoms with van der Waals surface area (Å²) in [5.74, 6) is -0.0564. The molecule has 158 valence electrons. The van der Waals surface area contributed by atoms with E-state index in [1.165, 1.54) is 0 Å². The minimum absolute atomic E-state index is 0.0564. The molecular weight excluding hydrogens is 412 g/mol. The molecule has 0 saturated heterocycles. The van der Waals surface area contributed by atoms with Crippen LogP contribution in [0.1, 0.15) is 33.1 Å². The van der Waals surface area contributed by atoms with E-state index in [4.69, 9.17) is 0 Å². The van der Waals surface area contributed by atoms with Gasteiger partial charge in [0.1, 0.15) is 10.7 Å². The Morgan fingerprint density at radius 2 is 1.59 bits per heavy atom. The van der Waals surface area contributed by atoms with Crippen molar-refractivity contribution in [2.75, 3.05) is 5.32 Å². The summed E-state index contributed by atoms with van der Waals surface area (Å²) < 4.78 is 0. The fourth-order valence-corrected chi connectivity index (χ4v) is 4.65. The van der Waals surface area contributed by atoms with Crippen LogP contribution >= 0.6 is 11.8 Å². The number of rotatable bonds is 7. The number of carbonyl (C=O) groups is 1. The highest BCUT2D eigenvalue weighted by atomic mass is 32.2. The largest absolute Gasteiger partial charge is 0.377 e. The molecule has 3 nitrogen and oxygen atoms in total. The number of ketones is 1. The fraction of sp³-hybridized carbons (Fsp3) is 0.143. The van der Waals surface area contributed by atoms with Gasteiger partial charge in [0.15, 0.2) is 5.78 Å². The molecule has 1 N–H and O–H groups in total. The molecule has 0 bridgehead atoms. The molecule has 0 aliphatic rings. The third-order valence-electron chi connectivity index (χ3n) is 5.57. The predicted octanol–water partition coefficient (Wildman–Crippen LogP) is 7.08. The van der Waals surface area contributed by atoms with Crippen LogP contribution in [0.4, 0.5) is 5.69 Å². The summed E-state index contributed by atoms with van der Waals surface area (Å²) in [6, 6.07) is 29.5. The van der Waals surface area contributed by atoms with E-state index >= 15 is 0 Å². The van der Waals surface area contributed by atoms with Crippen molar-refractivity contribution >= 4 is 34.0 Å². The lowest BCUT2D eigenvalue weighted by atomic mass is 9.93. The van der Waals surface area contributed by atoms with Gasteiger partial charge >= 0.3 is 0 Å². The van der Waals surface area contributed by atoms with Gasteiger partial charge in [0.2, 0.25) is 0 Å². The van der Waals surface area contributed by atoms with Crippen molar-refractivity contribution in [2.24, 2.45) is 0 Å². The molecule has 32 heavy (non-hydrogen) atoms. The van der Waals surface area contributed by atoms with Gasteiger partial charge < -0.3 is 5.32 Å². The lowest BCUT2D eigenvalue weighted by molar-refractivity contribution is 0.0985. The van der Waals surface area contributed by atoms with Crippen molar-refractivity contribution in [1.29, 1.82) is 5.26 Å². The van der Waals surface area contributed by atoms with Gasteiger partial charge in [0.05, 0.1) is 6.04 Å². The fourth-order valence-electron chi connectivity index (χ4n) is 3.95. The third kappa shape index (κ3) is 4.69. The monoisotopic (exact) mass is 436 g/mol. The molecule has 4 aromatic rings. The summed E-state index contributed by atoms with van der Waals surface area (Å²) in [5.41, 5.74) is 4.80. The van der Waals surface area contributed by atoms with Crippen LogP contribution in [0.15, 0.2) is 91.0 Å². The highest BCUT2D eigenvalue weighted by Gasteiger charge is 2.32. The van der Waals surface area contributed by atoms with E-state index in [1.54, 1.807) is 0 Å². The van der Waals surface area contributed by atoms with Crippen LogP contribution in [-0.4, -0.2) is 11.0 Å². The zero-order valence-electron chi connectivity index (χ0n) is 18.1. The van der Waals surface area contributed by atoms with Gasteiger partial charge in [-0.05, 0) is 59.6 Å². The number of carbonyl (C=O) groups excluding carboxylic acids is 1. The minimum Gasteiger partial charge on any atom is -0.377 e. The maximum atomic E-state index is 13.9. The van der Waals surface area contributed by atoms with Crippen LogP contribution in [0.25, 0.3) is 10.8 Å². The molecule has 4 aromatic carbocycles. The number of thioether (sulfide) groups is 1. The molecule has 0 fully saturated rings. The number of nitriles is 1. The van der Waals surface area contributed by atoms with Crippen molar-refractivity contribution in [1.82, 2.24) is 0 Å². The Balaban J connectivity index is 1.80. The van der Waals surface area contributed by atoms with Gasteiger partial charge in [-0.1, -0.05) is 84.4 Å². The van der Waals surface area contributed by atoms with Crippen LogP contribution in [0, 0.1) is 24.5 Å². The maximum absolute atomic E-state index is 13.9. The lowest BCUT2D eigenvalue weighted by Crippen LogP contribution is -2.30. The van der Waals surface area contributed by atoms with E-state index < -0.39 is 5.25 Å². The first kappa shape index (κ1) is 21.7. The summed E-state index contributed by atoms with van der Waals surface area (Å²) in [7, 11) is 0. The second kappa shape index (κ2) is 9.72. The third-order valence-corrected chi connectivity index (χ3v) is 6.42. The number of anilines is 1. The number of nitrogens with zero attached hydrogens (tertiary/aromatic N) is 1. The van der Waals surface area contributed by atoms with Crippen LogP contribution in [0.5, 0.6) is 0 Å². The number of benzene rings is 4. The number of nitrogens with one attached hydrogen (secondary N) is 1. The molecule has 0 aliphatic carbocycles. The Bertz CT molecular complexity index is 1290. The van der Waals surface area contributed by atoms with E-state index in [1.807, 2.05) is 98.8 Å². The number of hydrogen-bond acceptors (Lipinski definition) is 4. The first-order valence-corrected chi connectivity index (χ1v) is 11.4. The van der Waals surface area contributed by atoms with Gasteiger partial charge in [0, 0.05) is 11.3 Å². The first-order chi connectivity index (χ1) is 15.6. The summed E-state index contributed by atoms with van der Waals surface area (Å²) in [6.45, 7) is 4.07. The zero-order chi connectivity index (χ0) is 22.5. The average molecular weight is 437 g/mol. The lowest BCUT2D eigenvalue weighted by Gasteiger charge is -2.27. The van der Waals surface area contributed by atoms with Gasteiger partial charge in [-0.15, -0.1) is 0 Å². The molecule has 0 unspecified atom stereocenters. The normalized spacial score (nSPS) is 12.7. The van der Waals surface area contributed by atoms with Crippen molar-refractivity contribution < 1.29 is 4.79 Å². The van der Waals surface area contributed by atoms with E-state index in [0.717, 1.165) is 44.9 Å². The van der Waals surface area contributed by atoms with Crippen molar-refractivity contribution in [3.8, 4) is 5.40 Å². The van der Waals surface area contributed by atoms with Crippen LogP contribution in [0.3, 0.4) is 0 Å². The second-order valence-corrected chi connectivity index (χ2v) is 8.85. The molecule has 2 atom stereocenters.